The van der Waals surface area contributed by atoms with E-state index in [-0.39, 0.29) is 5.82 Å². The number of anilines is 1. The maximum absolute atomic E-state index is 13.2. The predicted molar refractivity (Wildman–Crippen MR) is 48.5 cm³/mol. The van der Waals surface area contributed by atoms with E-state index in [1.54, 1.807) is 24.3 Å². The third kappa shape index (κ3) is 1.40. The van der Waals surface area contributed by atoms with Crippen LogP contribution < -0.4 is 5.73 Å². The van der Waals surface area contributed by atoms with Crippen molar-refractivity contribution in [1.82, 2.24) is 0 Å². The standard InChI is InChI=1S/C10H8FNO/c11-9-4-2-1-3-8(9)7-5-10(12)13-6-7/h1-6H,12H2. The van der Waals surface area contributed by atoms with E-state index in [0.717, 1.165) is 0 Å². The fourth-order valence-corrected chi connectivity index (χ4v) is 1.19. The molecule has 0 aliphatic carbocycles. The van der Waals surface area contributed by atoms with E-state index in [0.29, 0.717) is 17.0 Å². The molecule has 0 aliphatic heterocycles. The normalized spacial score (nSPS) is 10.2. The molecule has 0 saturated carbocycles. The van der Waals surface area contributed by atoms with Crippen molar-refractivity contribution >= 4 is 5.88 Å². The Bertz CT molecular complexity index is 422. The minimum Gasteiger partial charge on any atom is -0.449 e. The molecule has 0 atom stereocenters. The summed E-state index contributed by atoms with van der Waals surface area (Å²) in [7, 11) is 0. The fraction of sp³-hybridized carbons (Fsp3) is 0. The number of hydrogen-bond donors (Lipinski definition) is 1. The summed E-state index contributed by atoms with van der Waals surface area (Å²) >= 11 is 0. The van der Waals surface area contributed by atoms with E-state index in [4.69, 9.17) is 10.2 Å². The highest BCUT2D eigenvalue weighted by Crippen LogP contribution is 2.25. The number of nitrogen functional groups attached to an aromatic ring is 1. The Kier molecular flexibility index (Phi) is 1.77. The zero-order valence-electron chi connectivity index (χ0n) is 6.83. The average molecular weight is 177 g/mol. The van der Waals surface area contributed by atoms with Gasteiger partial charge in [0.1, 0.15) is 12.1 Å². The van der Waals surface area contributed by atoms with Crippen molar-refractivity contribution in [2.45, 2.75) is 0 Å². The average Bonchev–Trinajstić information content (AvgIpc) is 2.53. The van der Waals surface area contributed by atoms with Crippen LogP contribution in [0.5, 0.6) is 0 Å². The van der Waals surface area contributed by atoms with Crippen molar-refractivity contribution in [2.24, 2.45) is 0 Å². The third-order valence-electron chi connectivity index (χ3n) is 1.80. The molecule has 0 bridgehead atoms. The lowest BCUT2D eigenvalue weighted by Crippen LogP contribution is -1.80. The number of hydrogen-bond acceptors (Lipinski definition) is 2. The smallest absolute Gasteiger partial charge is 0.190 e. The molecule has 2 N–H and O–H groups in total. The van der Waals surface area contributed by atoms with E-state index in [1.807, 2.05) is 0 Å². The summed E-state index contributed by atoms with van der Waals surface area (Å²) in [5.74, 6) is 0.0153. The van der Waals surface area contributed by atoms with Gasteiger partial charge in [-0.1, -0.05) is 18.2 Å². The summed E-state index contributed by atoms with van der Waals surface area (Å²) in [6.07, 6.45) is 1.44. The zero-order chi connectivity index (χ0) is 9.26. The number of benzene rings is 1. The summed E-state index contributed by atoms with van der Waals surface area (Å²) in [6.45, 7) is 0. The van der Waals surface area contributed by atoms with Crippen LogP contribution in [0.25, 0.3) is 11.1 Å². The van der Waals surface area contributed by atoms with Gasteiger partial charge in [-0.25, -0.2) is 4.39 Å². The SMILES string of the molecule is Nc1cc(-c2ccccc2F)co1. The molecule has 1 aromatic carbocycles. The monoisotopic (exact) mass is 177 g/mol. The van der Waals surface area contributed by atoms with Gasteiger partial charge in [-0.15, -0.1) is 0 Å². The molecule has 0 fully saturated rings. The fourth-order valence-electron chi connectivity index (χ4n) is 1.19. The molecular weight excluding hydrogens is 169 g/mol. The Labute approximate surface area is 74.8 Å². The molecule has 13 heavy (non-hydrogen) atoms. The predicted octanol–water partition coefficient (Wildman–Crippen LogP) is 2.67. The van der Waals surface area contributed by atoms with Crippen LogP contribution in [0.4, 0.5) is 10.3 Å². The lowest BCUT2D eigenvalue weighted by molar-refractivity contribution is 0.587. The van der Waals surface area contributed by atoms with Crippen molar-refractivity contribution < 1.29 is 8.81 Å². The lowest BCUT2D eigenvalue weighted by atomic mass is 10.1. The Hall–Kier alpha value is -1.77. The second-order valence-corrected chi connectivity index (χ2v) is 2.72. The van der Waals surface area contributed by atoms with Gasteiger partial charge in [-0.3, -0.25) is 0 Å². The quantitative estimate of drug-likeness (QED) is 0.727. The van der Waals surface area contributed by atoms with Crippen LogP contribution >= 0.6 is 0 Å². The number of halogens is 1. The van der Waals surface area contributed by atoms with Crippen LogP contribution in [0.1, 0.15) is 0 Å². The molecule has 2 nitrogen and oxygen atoms in total. The van der Waals surface area contributed by atoms with Gasteiger partial charge in [0.25, 0.3) is 0 Å². The summed E-state index contributed by atoms with van der Waals surface area (Å²) < 4.78 is 18.1. The van der Waals surface area contributed by atoms with Crippen LogP contribution in [0.15, 0.2) is 41.0 Å². The van der Waals surface area contributed by atoms with E-state index in [9.17, 15) is 4.39 Å². The minimum atomic E-state index is -0.275. The maximum atomic E-state index is 13.2. The summed E-state index contributed by atoms with van der Waals surface area (Å²) in [5.41, 5.74) is 6.54. The Balaban J connectivity index is 2.52. The van der Waals surface area contributed by atoms with E-state index in [1.165, 1.54) is 12.3 Å². The lowest BCUT2D eigenvalue weighted by Gasteiger charge is -1.96. The zero-order valence-corrected chi connectivity index (χ0v) is 6.83. The molecule has 0 spiro atoms. The maximum Gasteiger partial charge on any atom is 0.190 e. The minimum absolute atomic E-state index is 0.275. The summed E-state index contributed by atoms with van der Waals surface area (Å²) in [5, 5.41) is 0. The molecule has 0 radical (unpaired) electrons. The van der Waals surface area contributed by atoms with Gasteiger partial charge in [0, 0.05) is 17.2 Å². The van der Waals surface area contributed by atoms with Crippen molar-refractivity contribution in [1.29, 1.82) is 0 Å². The van der Waals surface area contributed by atoms with Crippen LogP contribution in [-0.2, 0) is 0 Å². The van der Waals surface area contributed by atoms with Crippen molar-refractivity contribution in [3.63, 3.8) is 0 Å². The molecule has 0 saturated heterocycles. The van der Waals surface area contributed by atoms with Gasteiger partial charge in [-0.2, -0.15) is 0 Å². The Morgan fingerprint density at radius 1 is 1.23 bits per heavy atom. The van der Waals surface area contributed by atoms with Crippen molar-refractivity contribution in [3.8, 4) is 11.1 Å². The molecule has 66 valence electrons. The second kappa shape index (κ2) is 2.94. The van der Waals surface area contributed by atoms with Gasteiger partial charge in [0.05, 0.1) is 0 Å². The largest absolute Gasteiger partial charge is 0.449 e. The second-order valence-electron chi connectivity index (χ2n) is 2.72. The van der Waals surface area contributed by atoms with Gasteiger partial charge in [0.2, 0.25) is 0 Å². The van der Waals surface area contributed by atoms with E-state index >= 15 is 0 Å². The van der Waals surface area contributed by atoms with Crippen LogP contribution in [0.3, 0.4) is 0 Å². The Morgan fingerprint density at radius 2 is 2.00 bits per heavy atom. The molecule has 0 aliphatic rings. The van der Waals surface area contributed by atoms with Crippen LogP contribution in [0.2, 0.25) is 0 Å². The molecule has 2 aromatic rings. The highest BCUT2D eigenvalue weighted by molar-refractivity contribution is 5.65. The van der Waals surface area contributed by atoms with Crippen LogP contribution in [0, 0.1) is 5.82 Å². The first-order valence-electron chi connectivity index (χ1n) is 3.86. The highest BCUT2D eigenvalue weighted by atomic mass is 19.1. The van der Waals surface area contributed by atoms with Gasteiger partial charge < -0.3 is 10.2 Å². The first-order valence-corrected chi connectivity index (χ1v) is 3.86. The van der Waals surface area contributed by atoms with Gasteiger partial charge in [-0.05, 0) is 6.07 Å². The number of rotatable bonds is 1. The molecule has 0 amide bonds. The number of nitrogens with two attached hydrogens (primary N) is 1. The highest BCUT2D eigenvalue weighted by Gasteiger charge is 2.05. The summed E-state index contributed by atoms with van der Waals surface area (Å²) in [4.78, 5) is 0. The topological polar surface area (TPSA) is 39.2 Å². The first-order chi connectivity index (χ1) is 6.27. The molecule has 0 unspecified atom stereocenters. The molecule has 1 aromatic heterocycles. The van der Waals surface area contributed by atoms with Crippen LogP contribution in [-0.4, -0.2) is 0 Å². The van der Waals surface area contributed by atoms with Crippen molar-refractivity contribution in [3.05, 3.63) is 42.4 Å². The Morgan fingerprint density at radius 3 is 2.62 bits per heavy atom. The van der Waals surface area contributed by atoms with Gasteiger partial charge in [0.15, 0.2) is 5.88 Å². The van der Waals surface area contributed by atoms with E-state index in [2.05, 4.69) is 0 Å². The molecule has 3 heteroatoms. The summed E-state index contributed by atoms with van der Waals surface area (Å²) in [6, 6.07) is 8.08. The third-order valence-corrected chi connectivity index (χ3v) is 1.80. The molecule has 2 rings (SSSR count). The number of furan rings is 1. The van der Waals surface area contributed by atoms with E-state index < -0.39 is 0 Å². The van der Waals surface area contributed by atoms with Crippen molar-refractivity contribution in [2.75, 3.05) is 5.73 Å². The van der Waals surface area contributed by atoms with Gasteiger partial charge >= 0.3 is 0 Å². The molecular formula is C10H8FNO. The molecule has 1 heterocycles. The first kappa shape index (κ1) is 7.86.